The van der Waals surface area contributed by atoms with Gasteiger partial charge in [0.15, 0.2) is 0 Å². The first-order chi connectivity index (χ1) is 9.10. The molecule has 1 aromatic carbocycles. The van der Waals surface area contributed by atoms with Crippen LogP contribution in [0.1, 0.15) is 10.4 Å². The third kappa shape index (κ3) is 3.14. The number of carbonyl (C=O) groups is 1. The lowest BCUT2D eigenvalue weighted by molar-refractivity contribution is 0.102. The molecule has 5 nitrogen and oxygen atoms in total. The SMILES string of the molecule is COc1ccc(C(=O)Nc2ccc(Cl)nc2)c(O)c1. The van der Waals surface area contributed by atoms with Crippen LogP contribution in [0.5, 0.6) is 11.5 Å². The van der Waals surface area contributed by atoms with Crippen molar-refractivity contribution in [2.24, 2.45) is 0 Å². The van der Waals surface area contributed by atoms with E-state index >= 15 is 0 Å². The summed E-state index contributed by atoms with van der Waals surface area (Å²) in [5.74, 6) is -0.120. The van der Waals surface area contributed by atoms with Crippen LogP contribution in [0.2, 0.25) is 5.15 Å². The second-order valence-corrected chi connectivity index (χ2v) is 4.09. The van der Waals surface area contributed by atoms with Crippen LogP contribution in [0.15, 0.2) is 36.5 Å². The molecule has 0 saturated heterocycles. The van der Waals surface area contributed by atoms with Crippen LogP contribution >= 0.6 is 11.6 Å². The van der Waals surface area contributed by atoms with Crippen LogP contribution < -0.4 is 10.1 Å². The number of halogens is 1. The van der Waals surface area contributed by atoms with Crippen molar-refractivity contribution in [3.05, 3.63) is 47.2 Å². The molecule has 0 aliphatic heterocycles. The minimum Gasteiger partial charge on any atom is -0.507 e. The van der Waals surface area contributed by atoms with E-state index in [1.807, 2.05) is 0 Å². The third-order valence-electron chi connectivity index (χ3n) is 2.43. The number of rotatable bonds is 3. The number of methoxy groups -OCH3 is 1. The topological polar surface area (TPSA) is 71.5 Å². The molecule has 0 unspecified atom stereocenters. The number of nitrogens with zero attached hydrogens (tertiary/aromatic N) is 1. The van der Waals surface area contributed by atoms with Gasteiger partial charge in [-0.3, -0.25) is 4.79 Å². The highest BCUT2D eigenvalue weighted by Gasteiger charge is 2.12. The van der Waals surface area contributed by atoms with Crippen LogP contribution in [0.3, 0.4) is 0 Å². The number of anilines is 1. The predicted molar refractivity (Wildman–Crippen MR) is 71.9 cm³/mol. The molecule has 0 spiro atoms. The molecule has 1 amide bonds. The fraction of sp³-hybridized carbons (Fsp3) is 0.0769. The zero-order chi connectivity index (χ0) is 13.8. The average molecular weight is 279 g/mol. The number of hydrogen-bond donors (Lipinski definition) is 2. The maximum Gasteiger partial charge on any atom is 0.259 e. The predicted octanol–water partition coefficient (Wildman–Crippen LogP) is 2.70. The molecule has 2 N–H and O–H groups in total. The van der Waals surface area contributed by atoms with Gasteiger partial charge < -0.3 is 15.2 Å². The smallest absolute Gasteiger partial charge is 0.259 e. The summed E-state index contributed by atoms with van der Waals surface area (Å²) >= 11 is 5.65. The van der Waals surface area contributed by atoms with E-state index in [0.717, 1.165) is 0 Å². The summed E-state index contributed by atoms with van der Waals surface area (Å²) in [4.78, 5) is 15.8. The molecule has 0 aliphatic carbocycles. The van der Waals surface area contributed by atoms with E-state index in [0.29, 0.717) is 16.6 Å². The summed E-state index contributed by atoms with van der Waals surface area (Å²) in [7, 11) is 1.48. The van der Waals surface area contributed by atoms with Gasteiger partial charge in [-0.25, -0.2) is 4.98 Å². The summed E-state index contributed by atoms with van der Waals surface area (Å²) in [5.41, 5.74) is 0.639. The van der Waals surface area contributed by atoms with Crippen LogP contribution in [-0.2, 0) is 0 Å². The number of benzene rings is 1. The minimum atomic E-state index is -0.440. The Morgan fingerprint density at radius 1 is 1.37 bits per heavy atom. The number of amides is 1. The molecule has 2 rings (SSSR count). The highest BCUT2D eigenvalue weighted by atomic mass is 35.5. The number of aromatic hydroxyl groups is 1. The summed E-state index contributed by atoms with van der Waals surface area (Å²) in [6.07, 6.45) is 1.43. The zero-order valence-electron chi connectivity index (χ0n) is 10.1. The summed E-state index contributed by atoms with van der Waals surface area (Å²) in [6.45, 7) is 0. The second kappa shape index (κ2) is 5.58. The second-order valence-electron chi connectivity index (χ2n) is 3.71. The van der Waals surface area contributed by atoms with E-state index in [1.165, 1.54) is 25.4 Å². The molecular formula is C13H11ClN2O3. The van der Waals surface area contributed by atoms with Crippen LogP contribution in [0.4, 0.5) is 5.69 Å². The molecule has 6 heteroatoms. The standard InChI is InChI=1S/C13H11ClN2O3/c1-19-9-3-4-10(11(17)6-9)13(18)16-8-2-5-12(14)15-7-8/h2-7,17H,1H3,(H,16,18). The molecule has 98 valence electrons. The monoisotopic (exact) mass is 278 g/mol. The number of phenolic OH excluding ortho intramolecular Hbond substituents is 1. The Morgan fingerprint density at radius 3 is 2.74 bits per heavy atom. The van der Waals surface area contributed by atoms with Crippen molar-refractivity contribution in [2.75, 3.05) is 12.4 Å². The van der Waals surface area contributed by atoms with Crippen molar-refractivity contribution in [1.29, 1.82) is 0 Å². The van der Waals surface area contributed by atoms with Crippen molar-refractivity contribution in [1.82, 2.24) is 4.98 Å². The number of ether oxygens (including phenoxy) is 1. The zero-order valence-corrected chi connectivity index (χ0v) is 10.8. The van der Waals surface area contributed by atoms with Crippen LogP contribution in [-0.4, -0.2) is 23.1 Å². The minimum absolute atomic E-state index is 0.149. The summed E-state index contributed by atoms with van der Waals surface area (Å²) in [6, 6.07) is 7.62. The summed E-state index contributed by atoms with van der Waals surface area (Å²) < 4.78 is 4.94. The first-order valence-corrected chi connectivity index (χ1v) is 5.78. The number of carbonyl (C=O) groups excluding carboxylic acids is 1. The average Bonchev–Trinajstić information content (AvgIpc) is 2.41. The van der Waals surface area contributed by atoms with Crippen LogP contribution in [0.25, 0.3) is 0 Å². The maximum atomic E-state index is 11.9. The molecule has 0 aliphatic rings. The van der Waals surface area contributed by atoms with E-state index in [1.54, 1.807) is 18.2 Å². The van der Waals surface area contributed by atoms with Gasteiger partial charge in [-0.15, -0.1) is 0 Å². The number of pyridine rings is 1. The Morgan fingerprint density at radius 2 is 2.16 bits per heavy atom. The molecule has 19 heavy (non-hydrogen) atoms. The van der Waals surface area contributed by atoms with Gasteiger partial charge in [0, 0.05) is 6.07 Å². The fourth-order valence-electron chi connectivity index (χ4n) is 1.48. The first kappa shape index (κ1) is 13.2. The van der Waals surface area contributed by atoms with Gasteiger partial charge in [0.25, 0.3) is 5.91 Å². The lowest BCUT2D eigenvalue weighted by atomic mass is 10.1. The fourth-order valence-corrected chi connectivity index (χ4v) is 1.59. The number of hydrogen-bond acceptors (Lipinski definition) is 4. The lowest BCUT2D eigenvalue weighted by Crippen LogP contribution is -2.12. The molecule has 0 radical (unpaired) electrons. The van der Waals surface area contributed by atoms with E-state index in [2.05, 4.69) is 10.3 Å². The highest BCUT2D eigenvalue weighted by Crippen LogP contribution is 2.24. The van der Waals surface area contributed by atoms with Gasteiger partial charge in [-0.2, -0.15) is 0 Å². The molecular weight excluding hydrogens is 268 g/mol. The number of phenols is 1. The quantitative estimate of drug-likeness (QED) is 0.847. The van der Waals surface area contributed by atoms with Crippen molar-refractivity contribution in [3.63, 3.8) is 0 Å². The highest BCUT2D eigenvalue weighted by molar-refractivity contribution is 6.29. The lowest BCUT2D eigenvalue weighted by Gasteiger charge is -2.08. The van der Waals surface area contributed by atoms with E-state index in [4.69, 9.17) is 16.3 Å². The Hall–Kier alpha value is -2.27. The van der Waals surface area contributed by atoms with Crippen LogP contribution in [0, 0.1) is 0 Å². The van der Waals surface area contributed by atoms with E-state index in [9.17, 15) is 9.90 Å². The molecule has 0 fully saturated rings. The van der Waals surface area contributed by atoms with Gasteiger partial charge in [0.05, 0.1) is 24.6 Å². The molecule has 0 saturated carbocycles. The van der Waals surface area contributed by atoms with Gasteiger partial charge in [0.2, 0.25) is 0 Å². The molecule has 0 bridgehead atoms. The van der Waals surface area contributed by atoms with Crippen molar-refractivity contribution < 1.29 is 14.6 Å². The third-order valence-corrected chi connectivity index (χ3v) is 2.66. The molecule has 1 heterocycles. The van der Waals surface area contributed by atoms with Gasteiger partial charge in [0.1, 0.15) is 16.7 Å². The van der Waals surface area contributed by atoms with Gasteiger partial charge in [-0.05, 0) is 24.3 Å². The number of aromatic nitrogens is 1. The van der Waals surface area contributed by atoms with Crippen molar-refractivity contribution in [2.45, 2.75) is 0 Å². The van der Waals surface area contributed by atoms with E-state index in [-0.39, 0.29) is 11.3 Å². The first-order valence-electron chi connectivity index (χ1n) is 5.40. The molecule has 1 aromatic heterocycles. The maximum absolute atomic E-state index is 11.9. The van der Waals surface area contributed by atoms with Gasteiger partial charge in [-0.1, -0.05) is 11.6 Å². The van der Waals surface area contributed by atoms with E-state index < -0.39 is 5.91 Å². The Kier molecular flexibility index (Phi) is 3.87. The van der Waals surface area contributed by atoms with Gasteiger partial charge >= 0.3 is 0 Å². The molecule has 0 atom stereocenters. The van der Waals surface area contributed by atoms with Crippen molar-refractivity contribution >= 4 is 23.2 Å². The Balaban J connectivity index is 2.18. The number of nitrogens with one attached hydrogen (secondary N) is 1. The van der Waals surface area contributed by atoms with Crippen molar-refractivity contribution in [3.8, 4) is 11.5 Å². The Labute approximate surface area is 114 Å². The Bertz CT molecular complexity index is 599. The summed E-state index contributed by atoms with van der Waals surface area (Å²) in [5, 5.41) is 12.7. The normalized spacial score (nSPS) is 10.0. The molecule has 2 aromatic rings. The largest absolute Gasteiger partial charge is 0.507 e.